The molecule has 0 spiro atoms. The van der Waals surface area contributed by atoms with Gasteiger partial charge in [0.15, 0.2) is 0 Å². The van der Waals surface area contributed by atoms with Crippen molar-refractivity contribution in [3.8, 4) is 5.75 Å². The Balaban J connectivity index is 1.81. The fourth-order valence-corrected chi connectivity index (χ4v) is 2.62. The lowest BCUT2D eigenvalue weighted by molar-refractivity contribution is 0.0595. The van der Waals surface area contributed by atoms with Crippen LogP contribution in [-0.4, -0.2) is 19.0 Å². The summed E-state index contributed by atoms with van der Waals surface area (Å²) in [6.07, 6.45) is 0. The first-order chi connectivity index (χ1) is 14.4. The van der Waals surface area contributed by atoms with Gasteiger partial charge in [0.2, 0.25) is 0 Å². The molecule has 3 aromatic rings. The van der Waals surface area contributed by atoms with Crippen molar-refractivity contribution in [2.24, 2.45) is 0 Å². The molecule has 8 heteroatoms. The maximum Gasteiger partial charge on any atom is 0.340 e. The fraction of sp³-hybridized carbons (Fsp3) is 0.0909. The Labute approximate surface area is 170 Å². The van der Waals surface area contributed by atoms with Crippen molar-refractivity contribution in [2.75, 3.05) is 12.4 Å². The third-order valence-corrected chi connectivity index (χ3v) is 4.15. The van der Waals surface area contributed by atoms with Crippen LogP contribution >= 0.6 is 0 Å². The molecule has 0 heterocycles. The molecule has 0 saturated heterocycles. The first-order valence-corrected chi connectivity index (χ1v) is 8.74. The highest BCUT2D eigenvalue weighted by molar-refractivity contribution is 6.06. The van der Waals surface area contributed by atoms with E-state index in [0.29, 0.717) is 11.6 Å². The number of nitrogens with one attached hydrogen (secondary N) is 1. The van der Waals surface area contributed by atoms with Crippen LogP contribution in [0.15, 0.2) is 60.7 Å². The summed E-state index contributed by atoms with van der Waals surface area (Å²) >= 11 is 0. The van der Waals surface area contributed by atoms with Crippen molar-refractivity contribution in [3.63, 3.8) is 0 Å². The van der Waals surface area contributed by atoms with Crippen molar-refractivity contribution < 1.29 is 32.2 Å². The number of anilines is 1. The summed E-state index contributed by atoms with van der Waals surface area (Å²) in [6, 6.07) is 13.2. The average molecular weight is 415 g/mol. The molecule has 0 aromatic heterocycles. The number of halogens is 3. The van der Waals surface area contributed by atoms with Crippen LogP contribution in [0.4, 0.5) is 18.9 Å². The zero-order valence-corrected chi connectivity index (χ0v) is 15.7. The Kier molecular flexibility index (Phi) is 6.36. The average Bonchev–Trinajstić information content (AvgIpc) is 2.74. The lowest BCUT2D eigenvalue weighted by Gasteiger charge is -2.13. The minimum atomic E-state index is -1.11. The van der Waals surface area contributed by atoms with E-state index in [4.69, 9.17) is 4.74 Å². The lowest BCUT2D eigenvalue weighted by atomic mass is 10.1. The van der Waals surface area contributed by atoms with Crippen molar-refractivity contribution >= 4 is 17.6 Å². The van der Waals surface area contributed by atoms with Gasteiger partial charge in [-0.05, 0) is 35.9 Å². The van der Waals surface area contributed by atoms with E-state index >= 15 is 0 Å². The van der Waals surface area contributed by atoms with Gasteiger partial charge in [-0.1, -0.05) is 24.3 Å². The van der Waals surface area contributed by atoms with Crippen molar-refractivity contribution in [3.05, 3.63) is 94.8 Å². The second kappa shape index (κ2) is 9.13. The number of carbonyl (C=O) groups excluding carboxylic acids is 2. The summed E-state index contributed by atoms with van der Waals surface area (Å²) in [5.74, 6) is -4.09. The van der Waals surface area contributed by atoms with Crippen LogP contribution in [0.3, 0.4) is 0 Å². The molecule has 0 fully saturated rings. The van der Waals surface area contributed by atoms with Gasteiger partial charge in [0, 0.05) is 6.07 Å². The van der Waals surface area contributed by atoms with Gasteiger partial charge >= 0.3 is 5.97 Å². The molecule has 0 radical (unpaired) electrons. The Morgan fingerprint density at radius 3 is 2.30 bits per heavy atom. The standard InChI is InChI=1S/C22H16F3NO4/c1-29-22(28)16-10-19(18(25)11-17(16)24)26-21(27)15-4-2-3-5-20(15)30-12-13-6-8-14(23)9-7-13/h2-11H,12H2,1H3,(H,26,27). The first-order valence-electron chi connectivity index (χ1n) is 8.74. The van der Waals surface area contributed by atoms with Crippen LogP contribution in [0, 0.1) is 17.5 Å². The second-order valence-electron chi connectivity index (χ2n) is 6.17. The molecule has 0 aliphatic heterocycles. The quantitative estimate of drug-likeness (QED) is 0.592. The van der Waals surface area contributed by atoms with Gasteiger partial charge in [-0.2, -0.15) is 0 Å². The van der Waals surface area contributed by atoms with Crippen LogP contribution in [0.5, 0.6) is 5.75 Å². The predicted molar refractivity (Wildman–Crippen MR) is 103 cm³/mol. The largest absolute Gasteiger partial charge is 0.488 e. The van der Waals surface area contributed by atoms with Crippen LogP contribution < -0.4 is 10.1 Å². The van der Waals surface area contributed by atoms with E-state index in [1.807, 2.05) is 0 Å². The van der Waals surface area contributed by atoms with Gasteiger partial charge in [0.1, 0.15) is 29.8 Å². The third kappa shape index (κ3) is 4.78. The molecule has 0 atom stereocenters. The molecular formula is C22H16F3NO4. The Morgan fingerprint density at radius 1 is 0.900 bits per heavy atom. The van der Waals surface area contributed by atoms with E-state index in [9.17, 15) is 22.8 Å². The zero-order valence-electron chi connectivity index (χ0n) is 15.7. The fourth-order valence-electron chi connectivity index (χ4n) is 2.62. The topological polar surface area (TPSA) is 64.6 Å². The molecule has 154 valence electrons. The summed E-state index contributed by atoms with van der Waals surface area (Å²) in [5, 5.41) is 2.30. The van der Waals surface area contributed by atoms with E-state index < -0.39 is 34.8 Å². The Morgan fingerprint density at radius 2 is 1.60 bits per heavy atom. The van der Waals surface area contributed by atoms with Gasteiger partial charge < -0.3 is 14.8 Å². The molecule has 3 aromatic carbocycles. The number of benzene rings is 3. The number of hydrogen-bond donors (Lipinski definition) is 1. The number of hydrogen-bond acceptors (Lipinski definition) is 4. The van der Waals surface area contributed by atoms with Gasteiger partial charge in [0.25, 0.3) is 5.91 Å². The van der Waals surface area contributed by atoms with Crippen molar-refractivity contribution in [1.29, 1.82) is 0 Å². The van der Waals surface area contributed by atoms with Crippen molar-refractivity contribution in [1.82, 2.24) is 0 Å². The highest BCUT2D eigenvalue weighted by Crippen LogP contribution is 2.24. The van der Waals surface area contributed by atoms with E-state index in [1.54, 1.807) is 30.3 Å². The number of esters is 1. The van der Waals surface area contributed by atoms with Crippen LogP contribution in [-0.2, 0) is 11.3 Å². The molecule has 1 amide bonds. The maximum atomic E-state index is 14.1. The molecule has 1 N–H and O–H groups in total. The summed E-state index contributed by atoms with van der Waals surface area (Å²) in [4.78, 5) is 24.3. The maximum absolute atomic E-state index is 14.1. The number of para-hydroxylation sites is 1. The monoisotopic (exact) mass is 415 g/mol. The summed E-state index contributed by atoms with van der Waals surface area (Å²) in [7, 11) is 1.05. The van der Waals surface area contributed by atoms with Crippen LogP contribution in [0.25, 0.3) is 0 Å². The normalized spacial score (nSPS) is 10.4. The Hall–Kier alpha value is -3.81. The first kappa shape index (κ1) is 20.9. The zero-order chi connectivity index (χ0) is 21.7. The lowest BCUT2D eigenvalue weighted by Crippen LogP contribution is -2.16. The smallest absolute Gasteiger partial charge is 0.340 e. The summed E-state index contributed by atoms with van der Waals surface area (Å²) in [6.45, 7) is 0.0714. The Bertz CT molecular complexity index is 1080. The van der Waals surface area contributed by atoms with Gasteiger partial charge in [-0.25, -0.2) is 18.0 Å². The van der Waals surface area contributed by atoms with E-state index in [2.05, 4.69) is 10.1 Å². The van der Waals surface area contributed by atoms with E-state index in [-0.39, 0.29) is 23.7 Å². The number of ether oxygens (including phenoxy) is 2. The molecule has 0 saturated carbocycles. The molecule has 5 nitrogen and oxygen atoms in total. The van der Waals surface area contributed by atoms with Gasteiger partial charge in [-0.15, -0.1) is 0 Å². The molecule has 0 aliphatic rings. The van der Waals surface area contributed by atoms with Gasteiger partial charge in [-0.3, -0.25) is 4.79 Å². The highest BCUT2D eigenvalue weighted by atomic mass is 19.1. The second-order valence-corrected chi connectivity index (χ2v) is 6.17. The number of carbonyl (C=O) groups is 2. The molecule has 0 bridgehead atoms. The van der Waals surface area contributed by atoms with Crippen molar-refractivity contribution in [2.45, 2.75) is 6.61 Å². The molecular weight excluding hydrogens is 399 g/mol. The molecule has 30 heavy (non-hydrogen) atoms. The molecule has 0 unspecified atom stereocenters. The van der Waals surface area contributed by atoms with Crippen LogP contribution in [0.2, 0.25) is 0 Å². The minimum Gasteiger partial charge on any atom is -0.488 e. The van der Waals surface area contributed by atoms with E-state index in [1.165, 1.54) is 18.2 Å². The molecule has 0 aliphatic carbocycles. The molecule has 3 rings (SSSR count). The number of rotatable bonds is 6. The van der Waals surface area contributed by atoms with Crippen LogP contribution in [0.1, 0.15) is 26.3 Å². The number of methoxy groups -OCH3 is 1. The van der Waals surface area contributed by atoms with E-state index in [0.717, 1.165) is 13.2 Å². The highest BCUT2D eigenvalue weighted by Gasteiger charge is 2.19. The third-order valence-electron chi connectivity index (χ3n) is 4.15. The predicted octanol–water partition coefficient (Wildman–Crippen LogP) is 4.72. The number of amides is 1. The summed E-state index contributed by atoms with van der Waals surface area (Å²) < 4.78 is 51.0. The minimum absolute atomic E-state index is 0.0714. The SMILES string of the molecule is COC(=O)c1cc(NC(=O)c2ccccc2OCc2ccc(F)cc2)c(F)cc1F. The summed E-state index contributed by atoms with van der Waals surface area (Å²) in [5.41, 5.74) is -0.146. The van der Waals surface area contributed by atoms with Gasteiger partial charge in [0.05, 0.1) is 23.9 Å².